The highest BCUT2D eigenvalue weighted by Gasteiger charge is 2.10. The Morgan fingerprint density at radius 2 is 2.13 bits per heavy atom. The summed E-state index contributed by atoms with van der Waals surface area (Å²) in [6, 6.07) is 6.00. The van der Waals surface area contributed by atoms with Crippen molar-refractivity contribution in [2.24, 2.45) is 0 Å². The second kappa shape index (κ2) is 5.40. The van der Waals surface area contributed by atoms with Crippen molar-refractivity contribution in [3.8, 4) is 5.75 Å². The SMILES string of the molecule is C=C[C](C)c1cccc(OCC)c1C=C. The average Bonchev–Trinajstić information content (AvgIpc) is 2.28. The number of hydrogen-bond donors (Lipinski definition) is 0. The highest BCUT2D eigenvalue weighted by molar-refractivity contribution is 5.64. The smallest absolute Gasteiger partial charge is 0.126 e. The van der Waals surface area contributed by atoms with Gasteiger partial charge in [0.1, 0.15) is 5.75 Å². The van der Waals surface area contributed by atoms with Crippen molar-refractivity contribution >= 4 is 6.08 Å². The third-order valence-corrected chi connectivity index (χ3v) is 2.30. The van der Waals surface area contributed by atoms with E-state index in [1.165, 1.54) is 0 Å². The van der Waals surface area contributed by atoms with E-state index in [9.17, 15) is 0 Å². The molecule has 0 heterocycles. The monoisotopic (exact) mass is 201 g/mol. The van der Waals surface area contributed by atoms with E-state index in [2.05, 4.69) is 19.2 Å². The summed E-state index contributed by atoms with van der Waals surface area (Å²) in [6.07, 6.45) is 3.67. The fourth-order valence-corrected chi connectivity index (χ4v) is 1.49. The molecule has 1 rings (SSSR count). The zero-order valence-electron chi connectivity index (χ0n) is 9.42. The lowest BCUT2D eigenvalue weighted by molar-refractivity contribution is 0.339. The topological polar surface area (TPSA) is 9.23 Å². The van der Waals surface area contributed by atoms with Crippen LogP contribution in [0.25, 0.3) is 6.08 Å². The van der Waals surface area contributed by atoms with Gasteiger partial charge in [0.25, 0.3) is 0 Å². The van der Waals surface area contributed by atoms with Gasteiger partial charge in [-0.1, -0.05) is 37.8 Å². The van der Waals surface area contributed by atoms with Crippen molar-refractivity contribution in [1.29, 1.82) is 0 Å². The molecule has 0 saturated carbocycles. The second-order valence-corrected chi connectivity index (χ2v) is 3.24. The van der Waals surface area contributed by atoms with Crippen LogP contribution in [0.3, 0.4) is 0 Å². The van der Waals surface area contributed by atoms with E-state index in [1.807, 2.05) is 38.1 Å². The van der Waals surface area contributed by atoms with Crippen molar-refractivity contribution in [2.45, 2.75) is 13.8 Å². The van der Waals surface area contributed by atoms with Crippen molar-refractivity contribution in [1.82, 2.24) is 0 Å². The Balaban J connectivity index is 3.20. The minimum Gasteiger partial charge on any atom is -0.493 e. The summed E-state index contributed by atoms with van der Waals surface area (Å²) in [5.41, 5.74) is 2.17. The first-order valence-corrected chi connectivity index (χ1v) is 5.09. The molecule has 0 aliphatic rings. The molecule has 0 N–H and O–H groups in total. The Kier molecular flexibility index (Phi) is 4.17. The Bertz CT molecular complexity index is 352. The van der Waals surface area contributed by atoms with Gasteiger partial charge < -0.3 is 4.74 Å². The van der Waals surface area contributed by atoms with Gasteiger partial charge in [-0.25, -0.2) is 0 Å². The van der Waals surface area contributed by atoms with Crippen LogP contribution in [0.1, 0.15) is 25.0 Å². The molecule has 0 spiro atoms. The fourth-order valence-electron chi connectivity index (χ4n) is 1.49. The first-order chi connectivity index (χ1) is 7.24. The number of benzene rings is 1. The molecule has 1 aromatic carbocycles. The zero-order chi connectivity index (χ0) is 11.3. The predicted octanol–water partition coefficient (Wildman–Crippen LogP) is 3.86. The predicted molar refractivity (Wildman–Crippen MR) is 65.9 cm³/mol. The molecule has 1 nitrogen and oxygen atoms in total. The maximum atomic E-state index is 5.54. The number of rotatable bonds is 5. The third kappa shape index (κ3) is 2.50. The molecule has 1 aromatic rings. The van der Waals surface area contributed by atoms with Crippen LogP contribution in [-0.4, -0.2) is 6.61 Å². The van der Waals surface area contributed by atoms with Gasteiger partial charge in [0.15, 0.2) is 0 Å². The standard InChI is InChI=1S/C14H17O/c1-5-11(4)13-9-8-10-14(15-7-3)12(13)6-2/h5-6,8-10H,1-2,7H2,3-4H3. The van der Waals surface area contributed by atoms with E-state index in [0.717, 1.165) is 22.8 Å². The molecular weight excluding hydrogens is 184 g/mol. The summed E-state index contributed by atoms with van der Waals surface area (Å²) in [5, 5.41) is 0. The Labute approximate surface area is 92.1 Å². The highest BCUT2D eigenvalue weighted by Crippen LogP contribution is 2.29. The first-order valence-electron chi connectivity index (χ1n) is 5.09. The molecule has 0 saturated heterocycles. The molecule has 0 bridgehead atoms. The molecule has 15 heavy (non-hydrogen) atoms. The van der Waals surface area contributed by atoms with Crippen LogP contribution in [0.2, 0.25) is 0 Å². The first kappa shape index (κ1) is 11.6. The summed E-state index contributed by atoms with van der Waals surface area (Å²) in [5.74, 6) is 2.01. The fraction of sp³-hybridized carbons (Fsp3) is 0.214. The molecule has 0 fully saturated rings. The van der Waals surface area contributed by atoms with Crippen LogP contribution in [0.4, 0.5) is 0 Å². The molecule has 0 amide bonds. The average molecular weight is 201 g/mol. The Morgan fingerprint density at radius 1 is 1.40 bits per heavy atom. The maximum absolute atomic E-state index is 5.54. The van der Waals surface area contributed by atoms with Crippen molar-refractivity contribution < 1.29 is 4.74 Å². The summed E-state index contributed by atoms with van der Waals surface area (Å²) >= 11 is 0. The van der Waals surface area contributed by atoms with Crippen molar-refractivity contribution in [3.63, 3.8) is 0 Å². The van der Waals surface area contributed by atoms with Crippen LogP contribution >= 0.6 is 0 Å². The van der Waals surface area contributed by atoms with Gasteiger partial charge in [-0.3, -0.25) is 0 Å². The van der Waals surface area contributed by atoms with Gasteiger partial charge in [0, 0.05) is 11.5 Å². The molecule has 0 aliphatic carbocycles. The Hall–Kier alpha value is -1.50. The summed E-state index contributed by atoms with van der Waals surface area (Å²) in [7, 11) is 0. The van der Waals surface area contributed by atoms with Crippen LogP contribution in [-0.2, 0) is 0 Å². The lowest BCUT2D eigenvalue weighted by atomic mass is 9.95. The molecule has 0 aromatic heterocycles. The molecule has 0 unspecified atom stereocenters. The highest BCUT2D eigenvalue weighted by atomic mass is 16.5. The van der Waals surface area contributed by atoms with E-state index in [1.54, 1.807) is 0 Å². The molecule has 79 valence electrons. The summed E-state index contributed by atoms with van der Waals surface area (Å²) in [6.45, 7) is 12.3. The molecule has 0 atom stereocenters. The van der Waals surface area contributed by atoms with Crippen LogP contribution in [0.15, 0.2) is 37.4 Å². The normalized spacial score (nSPS) is 10.1. The van der Waals surface area contributed by atoms with Gasteiger partial charge in [0.05, 0.1) is 6.61 Å². The van der Waals surface area contributed by atoms with E-state index in [4.69, 9.17) is 4.74 Å². The van der Waals surface area contributed by atoms with Crippen LogP contribution in [0, 0.1) is 5.92 Å². The van der Waals surface area contributed by atoms with Gasteiger partial charge in [0.2, 0.25) is 0 Å². The summed E-state index contributed by atoms with van der Waals surface area (Å²) < 4.78 is 5.54. The number of allylic oxidation sites excluding steroid dienone is 1. The second-order valence-electron chi connectivity index (χ2n) is 3.24. The van der Waals surface area contributed by atoms with Crippen LogP contribution < -0.4 is 4.74 Å². The Morgan fingerprint density at radius 3 is 2.67 bits per heavy atom. The van der Waals surface area contributed by atoms with E-state index < -0.39 is 0 Å². The van der Waals surface area contributed by atoms with E-state index in [0.29, 0.717) is 6.61 Å². The summed E-state index contributed by atoms with van der Waals surface area (Å²) in [4.78, 5) is 0. The van der Waals surface area contributed by atoms with E-state index >= 15 is 0 Å². The number of ether oxygens (including phenoxy) is 1. The zero-order valence-corrected chi connectivity index (χ0v) is 9.42. The molecule has 0 aliphatic heterocycles. The van der Waals surface area contributed by atoms with E-state index in [-0.39, 0.29) is 0 Å². The minimum atomic E-state index is 0.664. The molecular formula is C14H17O. The van der Waals surface area contributed by atoms with Gasteiger partial charge in [-0.05, 0) is 18.6 Å². The largest absolute Gasteiger partial charge is 0.493 e. The lowest BCUT2D eigenvalue weighted by Crippen LogP contribution is -1.99. The molecule has 1 heteroatoms. The van der Waals surface area contributed by atoms with Crippen molar-refractivity contribution in [2.75, 3.05) is 6.61 Å². The number of hydrogen-bond acceptors (Lipinski definition) is 1. The van der Waals surface area contributed by atoms with Crippen molar-refractivity contribution in [3.05, 3.63) is 54.5 Å². The maximum Gasteiger partial charge on any atom is 0.126 e. The lowest BCUT2D eigenvalue weighted by Gasteiger charge is -2.14. The van der Waals surface area contributed by atoms with Crippen LogP contribution in [0.5, 0.6) is 5.75 Å². The minimum absolute atomic E-state index is 0.664. The third-order valence-electron chi connectivity index (χ3n) is 2.30. The van der Waals surface area contributed by atoms with Gasteiger partial charge in [-0.15, -0.1) is 6.58 Å². The van der Waals surface area contributed by atoms with Gasteiger partial charge in [-0.2, -0.15) is 0 Å². The quantitative estimate of drug-likeness (QED) is 0.703. The molecule has 1 radical (unpaired) electrons. The van der Waals surface area contributed by atoms with Gasteiger partial charge >= 0.3 is 0 Å².